The summed E-state index contributed by atoms with van der Waals surface area (Å²) in [5.74, 6) is 0.653. The summed E-state index contributed by atoms with van der Waals surface area (Å²) in [5.41, 5.74) is 4.03. The fourth-order valence-corrected chi connectivity index (χ4v) is 5.34. The molecule has 5 N–H and O–H groups in total. The summed E-state index contributed by atoms with van der Waals surface area (Å²) >= 11 is 0. The first-order valence-corrected chi connectivity index (χ1v) is 12.1. The molecule has 3 aromatic rings. The van der Waals surface area contributed by atoms with Crippen molar-refractivity contribution >= 4 is 0 Å². The third kappa shape index (κ3) is 4.24. The van der Waals surface area contributed by atoms with E-state index >= 15 is 0 Å². The Balaban J connectivity index is 1.59. The van der Waals surface area contributed by atoms with Crippen molar-refractivity contribution in [3.05, 3.63) is 52.6 Å². The van der Waals surface area contributed by atoms with Crippen molar-refractivity contribution in [1.29, 1.82) is 0 Å². The zero-order chi connectivity index (χ0) is 26.3. The number of hydrogen-bond acceptors (Lipinski definition) is 9. The first kappa shape index (κ1) is 24.9. The van der Waals surface area contributed by atoms with Crippen LogP contribution in [-0.2, 0) is 12.8 Å². The topological polar surface area (TPSA) is 138 Å². The van der Waals surface area contributed by atoms with Crippen molar-refractivity contribution in [3.63, 3.8) is 0 Å². The molecular weight excluding hydrogens is 480 g/mol. The third-order valence-electron chi connectivity index (χ3n) is 7.09. The van der Waals surface area contributed by atoms with Crippen LogP contribution in [0.3, 0.4) is 0 Å². The van der Waals surface area contributed by atoms with Gasteiger partial charge in [-0.3, -0.25) is 0 Å². The molecule has 0 aromatic heterocycles. The van der Waals surface area contributed by atoms with E-state index in [9.17, 15) is 20.4 Å². The summed E-state index contributed by atoms with van der Waals surface area (Å²) in [6.07, 6.45) is 0.529. The lowest BCUT2D eigenvalue weighted by Gasteiger charge is -2.35. The number of phenolic OH excluding ortho intramolecular Hbond substituents is 3. The van der Waals surface area contributed by atoms with Crippen molar-refractivity contribution in [2.75, 3.05) is 34.0 Å². The lowest BCUT2D eigenvalue weighted by atomic mass is 9.77. The van der Waals surface area contributed by atoms with Gasteiger partial charge < -0.3 is 44.5 Å². The molecule has 0 unspecified atom stereocenters. The second kappa shape index (κ2) is 9.91. The summed E-state index contributed by atoms with van der Waals surface area (Å²) in [7, 11) is 2.97. The van der Waals surface area contributed by atoms with Gasteiger partial charge in [-0.2, -0.15) is 0 Å². The molecule has 2 aliphatic rings. The number of methoxy groups -OCH3 is 2. The molecule has 37 heavy (non-hydrogen) atoms. The second-order valence-corrected chi connectivity index (χ2v) is 9.19. The van der Waals surface area contributed by atoms with E-state index in [2.05, 4.69) is 0 Å². The van der Waals surface area contributed by atoms with E-state index in [4.69, 9.17) is 24.1 Å². The summed E-state index contributed by atoms with van der Waals surface area (Å²) in [4.78, 5) is 0. The van der Waals surface area contributed by atoms with Crippen molar-refractivity contribution < 1.29 is 44.5 Å². The minimum absolute atomic E-state index is 0.00104. The van der Waals surface area contributed by atoms with Gasteiger partial charge in [0.2, 0.25) is 5.75 Å². The number of aromatic hydroxyl groups is 3. The largest absolute Gasteiger partial charge is 0.508 e. The highest BCUT2D eigenvalue weighted by molar-refractivity contribution is 5.83. The van der Waals surface area contributed by atoms with Crippen LogP contribution in [0.25, 0.3) is 11.1 Å². The van der Waals surface area contributed by atoms with Gasteiger partial charge in [0.05, 0.1) is 33.5 Å². The average molecular weight is 511 g/mol. The van der Waals surface area contributed by atoms with Crippen molar-refractivity contribution in [2.45, 2.75) is 31.3 Å². The Morgan fingerprint density at radius 3 is 2.38 bits per heavy atom. The van der Waals surface area contributed by atoms with Gasteiger partial charge in [-0.25, -0.2) is 0 Å². The predicted octanol–water partition coefficient (Wildman–Crippen LogP) is 3.56. The molecule has 0 fully saturated rings. The minimum Gasteiger partial charge on any atom is -0.508 e. The maximum absolute atomic E-state index is 11.6. The molecule has 0 radical (unpaired) electrons. The molecule has 9 heteroatoms. The van der Waals surface area contributed by atoms with E-state index in [1.165, 1.54) is 20.3 Å². The minimum atomic E-state index is -0.988. The molecule has 3 aromatic carbocycles. The number of phenols is 3. The highest BCUT2D eigenvalue weighted by Crippen LogP contribution is 2.53. The van der Waals surface area contributed by atoms with E-state index in [1.54, 1.807) is 24.3 Å². The molecule has 196 valence electrons. The van der Waals surface area contributed by atoms with Crippen LogP contribution in [0.5, 0.6) is 40.2 Å². The number of benzene rings is 3. The number of hydrogen-bond donors (Lipinski definition) is 5. The van der Waals surface area contributed by atoms with Crippen LogP contribution in [0.1, 0.15) is 40.7 Å². The Hall–Kier alpha value is -3.82. The van der Waals surface area contributed by atoms with E-state index in [0.29, 0.717) is 53.0 Å². The molecule has 0 amide bonds. The Morgan fingerprint density at radius 1 is 0.919 bits per heavy atom. The van der Waals surface area contributed by atoms with Gasteiger partial charge in [0.25, 0.3) is 0 Å². The molecule has 0 saturated carbocycles. The maximum atomic E-state index is 11.6. The van der Waals surface area contributed by atoms with E-state index in [0.717, 1.165) is 11.1 Å². The van der Waals surface area contributed by atoms with Crippen LogP contribution in [0.15, 0.2) is 30.3 Å². The van der Waals surface area contributed by atoms with Gasteiger partial charge in [-0.05, 0) is 47.7 Å². The molecule has 0 saturated heterocycles. The van der Waals surface area contributed by atoms with E-state index in [-0.39, 0.29) is 48.6 Å². The first-order chi connectivity index (χ1) is 17.9. The summed E-state index contributed by atoms with van der Waals surface area (Å²) in [6.45, 7) is 0.279. The lowest BCUT2D eigenvalue weighted by Crippen LogP contribution is -2.26. The standard InChI is InChI=1S/C28H30O9/c1-34-21-11-15(30)10-18-16(21)4-5-17-25(18)20(31)12-22-26(17)27(32)19(13-37-22)14-8-23(35-2)28(33)24(9-14)36-7-3-6-29/h8-12,19,27,29-33H,3-7,13H2,1-2H3/t19-,27-/m0/s1. The Bertz CT molecular complexity index is 1330. The van der Waals surface area contributed by atoms with Crippen molar-refractivity contribution in [1.82, 2.24) is 0 Å². The van der Waals surface area contributed by atoms with Crippen LogP contribution in [0.2, 0.25) is 0 Å². The number of aliphatic hydroxyl groups excluding tert-OH is 2. The van der Waals surface area contributed by atoms with Gasteiger partial charge in [-0.1, -0.05) is 0 Å². The predicted molar refractivity (Wildman–Crippen MR) is 134 cm³/mol. The van der Waals surface area contributed by atoms with Gasteiger partial charge in [0, 0.05) is 47.8 Å². The maximum Gasteiger partial charge on any atom is 0.200 e. The average Bonchev–Trinajstić information content (AvgIpc) is 2.89. The third-order valence-corrected chi connectivity index (χ3v) is 7.09. The van der Waals surface area contributed by atoms with Crippen molar-refractivity contribution in [2.24, 2.45) is 0 Å². The highest BCUT2D eigenvalue weighted by Gasteiger charge is 2.37. The lowest BCUT2D eigenvalue weighted by molar-refractivity contribution is 0.0875. The summed E-state index contributed by atoms with van der Waals surface area (Å²) in [5, 5.41) is 52.5. The molecular formula is C28H30O9. The molecule has 1 heterocycles. The van der Waals surface area contributed by atoms with Crippen LogP contribution in [0.4, 0.5) is 0 Å². The molecule has 0 spiro atoms. The fraction of sp³-hybridized carbons (Fsp3) is 0.357. The van der Waals surface area contributed by atoms with Gasteiger partial charge >= 0.3 is 0 Å². The van der Waals surface area contributed by atoms with Crippen LogP contribution in [0, 0.1) is 0 Å². The molecule has 9 nitrogen and oxygen atoms in total. The molecule has 1 aliphatic heterocycles. The highest BCUT2D eigenvalue weighted by atomic mass is 16.5. The molecule has 1 aliphatic carbocycles. The van der Waals surface area contributed by atoms with Crippen LogP contribution >= 0.6 is 0 Å². The summed E-state index contributed by atoms with van der Waals surface area (Å²) < 4.78 is 22.5. The number of aliphatic hydroxyl groups is 2. The Kier molecular flexibility index (Phi) is 6.66. The molecule has 2 atom stereocenters. The molecule has 5 rings (SSSR count). The number of ether oxygens (including phenoxy) is 4. The SMILES string of the molecule is COc1cc([C@@H]2COc3cc(O)c4c(c3[C@H]2O)CCc2c(OC)cc(O)cc2-4)cc(OCCCO)c1O. The van der Waals surface area contributed by atoms with Gasteiger partial charge in [0.15, 0.2) is 11.5 Å². The Morgan fingerprint density at radius 2 is 1.65 bits per heavy atom. The second-order valence-electron chi connectivity index (χ2n) is 9.19. The van der Waals surface area contributed by atoms with E-state index in [1.807, 2.05) is 0 Å². The zero-order valence-corrected chi connectivity index (χ0v) is 20.7. The number of rotatable bonds is 7. The summed E-state index contributed by atoms with van der Waals surface area (Å²) in [6, 6.07) is 7.92. The van der Waals surface area contributed by atoms with E-state index < -0.39 is 12.0 Å². The Labute approximate surface area is 214 Å². The quantitative estimate of drug-likeness (QED) is 0.302. The first-order valence-electron chi connectivity index (χ1n) is 12.1. The van der Waals surface area contributed by atoms with Gasteiger partial charge in [0.1, 0.15) is 23.0 Å². The zero-order valence-electron chi connectivity index (χ0n) is 20.7. The van der Waals surface area contributed by atoms with Gasteiger partial charge in [-0.15, -0.1) is 0 Å². The normalized spacial score (nSPS) is 17.7. The van der Waals surface area contributed by atoms with Crippen LogP contribution < -0.4 is 18.9 Å². The van der Waals surface area contributed by atoms with Crippen LogP contribution in [-0.4, -0.2) is 59.6 Å². The smallest absolute Gasteiger partial charge is 0.200 e. The monoisotopic (exact) mass is 510 g/mol. The number of fused-ring (bicyclic) bond motifs is 5. The molecule has 0 bridgehead atoms. The fourth-order valence-electron chi connectivity index (χ4n) is 5.34. The van der Waals surface area contributed by atoms with Crippen molar-refractivity contribution in [3.8, 4) is 51.4 Å².